The van der Waals surface area contributed by atoms with E-state index in [1.165, 1.54) is 12.8 Å². The Bertz CT molecular complexity index is 628. The fraction of sp³-hybridized carbons (Fsp3) is 0.471. The average Bonchev–Trinajstić information content (AvgIpc) is 2.48. The molecule has 1 aliphatic heterocycles. The SMILES string of the molecule is CC1CCCN(Cc2cc3ccccc3nc2Cl)C1CN. The van der Waals surface area contributed by atoms with Gasteiger partial charge in [-0.3, -0.25) is 4.90 Å². The number of rotatable bonds is 3. The van der Waals surface area contributed by atoms with Gasteiger partial charge in [0.25, 0.3) is 0 Å². The molecule has 0 spiro atoms. The average molecular weight is 304 g/mol. The van der Waals surface area contributed by atoms with E-state index in [0.717, 1.165) is 29.6 Å². The molecule has 112 valence electrons. The highest BCUT2D eigenvalue weighted by molar-refractivity contribution is 6.30. The third-order valence-corrected chi connectivity index (χ3v) is 4.92. The highest BCUT2D eigenvalue weighted by Gasteiger charge is 2.27. The minimum Gasteiger partial charge on any atom is -0.329 e. The molecular formula is C17H22ClN3. The van der Waals surface area contributed by atoms with Crippen molar-refractivity contribution in [3.63, 3.8) is 0 Å². The van der Waals surface area contributed by atoms with Gasteiger partial charge in [-0.25, -0.2) is 4.98 Å². The van der Waals surface area contributed by atoms with Crippen LogP contribution in [0.15, 0.2) is 30.3 Å². The van der Waals surface area contributed by atoms with Crippen LogP contribution in [0.2, 0.25) is 5.15 Å². The summed E-state index contributed by atoms with van der Waals surface area (Å²) >= 11 is 6.38. The quantitative estimate of drug-likeness (QED) is 0.883. The first-order valence-electron chi connectivity index (χ1n) is 7.67. The van der Waals surface area contributed by atoms with Crippen molar-refractivity contribution in [1.29, 1.82) is 0 Å². The number of hydrogen-bond acceptors (Lipinski definition) is 3. The third-order valence-electron chi connectivity index (χ3n) is 4.60. The van der Waals surface area contributed by atoms with Crippen LogP contribution in [0.25, 0.3) is 10.9 Å². The molecule has 4 heteroatoms. The van der Waals surface area contributed by atoms with Crippen molar-refractivity contribution >= 4 is 22.5 Å². The number of aromatic nitrogens is 1. The smallest absolute Gasteiger partial charge is 0.134 e. The van der Waals surface area contributed by atoms with Crippen molar-refractivity contribution in [2.45, 2.75) is 32.4 Å². The molecule has 1 aromatic carbocycles. The molecule has 1 fully saturated rings. The Morgan fingerprint density at radius 2 is 2.19 bits per heavy atom. The van der Waals surface area contributed by atoms with Crippen LogP contribution in [0, 0.1) is 5.92 Å². The summed E-state index contributed by atoms with van der Waals surface area (Å²) in [4.78, 5) is 6.98. The van der Waals surface area contributed by atoms with Crippen molar-refractivity contribution in [2.24, 2.45) is 11.7 Å². The number of nitrogens with two attached hydrogens (primary N) is 1. The zero-order chi connectivity index (χ0) is 14.8. The van der Waals surface area contributed by atoms with Gasteiger partial charge in [-0.2, -0.15) is 0 Å². The second kappa shape index (κ2) is 6.30. The molecule has 1 aliphatic rings. The van der Waals surface area contributed by atoms with Crippen LogP contribution >= 0.6 is 11.6 Å². The third kappa shape index (κ3) is 3.05. The topological polar surface area (TPSA) is 42.2 Å². The Balaban J connectivity index is 1.88. The lowest BCUT2D eigenvalue weighted by atomic mass is 9.90. The van der Waals surface area contributed by atoms with Gasteiger partial charge in [-0.15, -0.1) is 0 Å². The maximum Gasteiger partial charge on any atom is 0.134 e. The Kier molecular flexibility index (Phi) is 4.43. The standard InChI is InChI=1S/C17H22ClN3/c1-12-5-4-8-21(16(12)10-19)11-14-9-13-6-2-3-7-15(13)20-17(14)18/h2-3,6-7,9,12,16H,4-5,8,10-11,19H2,1H3. The first kappa shape index (κ1) is 14.8. The van der Waals surface area contributed by atoms with Crippen LogP contribution < -0.4 is 5.73 Å². The van der Waals surface area contributed by atoms with Crippen molar-refractivity contribution in [3.8, 4) is 0 Å². The molecule has 0 radical (unpaired) electrons. The van der Waals surface area contributed by atoms with Crippen LogP contribution in [-0.4, -0.2) is 29.0 Å². The summed E-state index contributed by atoms with van der Waals surface area (Å²) in [5, 5.41) is 1.76. The number of fused-ring (bicyclic) bond motifs is 1. The number of halogens is 1. The Morgan fingerprint density at radius 3 is 3.00 bits per heavy atom. The molecule has 0 amide bonds. The van der Waals surface area contributed by atoms with E-state index < -0.39 is 0 Å². The lowest BCUT2D eigenvalue weighted by molar-refractivity contribution is 0.0990. The molecule has 0 aliphatic carbocycles. The molecule has 21 heavy (non-hydrogen) atoms. The fourth-order valence-corrected chi connectivity index (χ4v) is 3.58. The number of nitrogens with zero attached hydrogens (tertiary/aromatic N) is 2. The van der Waals surface area contributed by atoms with Crippen molar-refractivity contribution < 1.29 is 0 Å². The lowest BCUT2D eigenvalue weighted by Crippen LogP contribution is -2.48. The van der Waals surface area contributed by atoms with Gasteiger partial charge >= 0.3 is 0 Å². The highest BCUT2D eigenvalue weighted by Crippen LogP contribution is 2.27. The maximum absolute atomic E-state index is 6.38. The minimum absolute atomic E-state index is 0.446. The van der Waals surface area contributed by atoms with E-state index >= 15 is 0 Å². The number of piperidine rings is 1. The molecular weight excluding hydrogens is 282 g/mol. The molecule has 0 saturated carbocycles. The van der Waals surface area contributed by atoms with E-state index in [9.17, 15) is 0 Å². The van der Waals surface area contributed by atoms with E-state index in [1.54, 1.807) is 0 Å². The molecule has 2 atom stereocenters. The number of likely N-dealkylation sites (tertiary alicyclic amines) is 1. The number of para-hydroxylation sites is 1. The molecule has 1 aromatic heterocycles. The van der Waals surface area contributed by atoms with Gasteiger partial charge in [0.15, 0.2) is 0 Å². The van der Waals surface area contributed by atoms with Crippen molar-refractivity contribution in [1.82, 2.24) is 9.88 Å². The van der Waals surface area contributed by atoms with Gasteiger partial charge in [-0.1, -0.05) is 36.7 Å². The van der Waals surface area contributed by atoms with Crippen LogP contribution in [0.3, 0.4) is 0 Å². The Hall–Kier alpha value is -1.16. The summed E-state index contributed by atoms with van der Waals surface area (Å²) in [5.74, 6) is 0.649. The van der Waals surface area contributed by atoms with Crippen LogP contribution in [0.4, 0.5) is 0 Å². The largest absolute Gasteiger partial charge is 0.329 e. The molecule has 2 N–H and O–H groups in total. The molecule has 1 saturated heterocycles. The normalized spacial score (nSPS) is 23.6. The number of benzene rings is 1. The Labute approximate surface area is 131 Å². The van der Waals surface area contributed by atoms with Crippen LogP contribution in [-0.2, 0) is 6.54 Å². The summed E-state index contributed by atoms with van der Waals surface area (Å²) in [6, 6.07) is 10.7. The maximum atomic E-state index is 6.38. The molecule has 0 bridgehead atoms. The van der Waals surface area contributed by atoms with Crippen molar-refractivity contribution in [3.05, 3.63) is 41.0 Å². The van der Waals surface area contributed by atoms with Gasteiger partial charge < -0.3 is 5.73 Å². The molecule has 2 heterocycles. The summed E-state index contributed by atoms with van der Waals surface area (Å²) in [6.07, 6.45) is 2.50. The number of hydrogen-bond donors (Lipinski definition) is 1. The van der Waals surface area contributed by atoms with E-state index in [-0.39, 0.29) is 0 Å². The van der Waals surface area contributed by atoms with E-state index in [2.05, 4.69) is 28.9 Å². The molecule has 3 nitrogen and oxygen atoms in total. The summed E-state index contributed by atoms with van der Waals surface area (Å²) in [6.45, 7) is 4.93. The Morgan fingerprint density at radius 1 is 1.38 bits per heavy atom. The monoisotopic (exact) mass is 303 g/mol. The highest BCUT2D eigenvalue weighted by atomic mass is 35.5. The summed E-state index contributed by atoms with van der Waals surface area (Å²) < 4.78 is 0. The van der Waals surface area contributed by atoms with Crippen molar-refractivity contribution in [2.75, 3.05) is 13.1 Å². The fourth-order valence-electron chi connectivity index (χ4n) is 3.38. The molecule has 2 aromatic rings. The summed E-state index contributed by atoms with van der Waals surface area (Å²) in [7, 11) is 0. The lowest BCUT2D eigenvalue weighted by Gasteiger charge is -2.39. The van der Waals surface area contributed by atoms with Gasteiger partial charge in [0.2, 0.25) is 0 Å². The predicted molar refractivity (Wildman–Crippen MR) is 88.4 cm³/mol. The molecule has 3 rings (SSSR count). The van der Waals surface area contributed by atoms with Crippen LogP contribution in [0.5, 0.6) is 0 Å². The van der Waals surface area contributed by atoms with Gasteiger partial charge in [-0.05, 0) is 37.4 Å². The number of pyridine rings is 1. The van der Waals surface area contributed by atoms with Crippen LogP contribution in [0.1, 0.15) is 25.3 Å². The van der Waals surface area contributed by atoms with E-state index in [0.29, 0.717) is 23.7 Å². The van der Waals surface area contributed by atoms with E-state index in [4.69, 9.17) is 17.3 Å². The van der Waals surface area contributed by atoms with Gasteiger partial charge in [0, 0.05) is 30.1 Å². The summed E-state index contributed by atoms with van der Waals surface area (Å²) in [5.41, 5.74) is 8.03. The first-order chi connectivity index (χ1) is 10.2. The zero-order valence-electron chi connectivity index (χ0n) is 12.4. The van der Waals surface area contributed by atoms with Gasteiger partial charge in [0.1, 0.15) is 5.15 Å². The first-order valence-corrected chi connectivity index (χ1v) is 8.05. The predicted octanol–water partition coefficient (Wildman–Crippen LogP) is 3.45. The van der Waals surface area contributed by atoms with Gasteiger partial charge in [0.05, 0.1) is 5.52 Å². The molecule has 2 unspecified atom stereocenters. The van der Waals surface area contributed by atoms with E-state index in [1.807, 2.05) is 18.2 Å². The minimum atomic E-state index is 0.446. The second-order valence-electron chi connectivity index (χ2n) is 6.02. The second-order valence-corrected chi connectivity index (χ2v) is 6.38. The zero-order valence-corrected chi connectivity index (χ0v) is 13.2.